The van der Waals surface area contributed by atoms with Gasteiger partial charge >= 0.3 is 5.97 Å². The summed E-state index contributed by atoms with van der Waals surface area (Å²) in [4.78, 5) is 11.4. The first-order chi connectivity index (χ1) is 8.79. The lowest BCUT2D eigenvalue weighted by atomic mass is 9.82. The number of benzene rings is 1. The van der Waals surface area contributed by atoms with Crippen molar-refractivity contribution in [2.24, 2.45) is 11.8 Å². The number of ether oxygens (including phenoxy) is 1. The summed E-state index contributed by atoms with van der Waals surface area (Å²) in [6.07, 6.45) is 8.55. The minimum Gasteiger partial charge on any atom is -0.469 e. The fourth-order valence-corrected chi connectivity index (χ4v) is 2.53. The van der Waals surface area contributed by atoms with E-state index in [4.69, 9.17) is 4.74 Å². The van der Waals surface area contributed by atoms with Crippen LogP contribution in [0.15, 0.2) is 36.4 Å². The molecule has 0 amide bonds. The van der Waals surface area contributed by atoms with E-state index < -0.39 is 0 Å². The number of hydrogen-bond donors (Lipinski definition) is 0. The summed E-state index contributed by atoms with van der Waals surface area (Å²) in [5.41, 5.74) is 1.24. The predicted octanol–water partition coefficient (Wildman–Crippen LogP) is 3.68. The first kappa shape index (κ1) is 12.9. The monoisotopic (exact) mass is 244 g/mol. The van der Waals surface area contributed by atoms with Crippen molar-refractivity contribution in [3.63, 3.8) is 0 Å². The average Bonchev–Trinajstić information content (AvgIpc) is 2.46. The number of carbonyl (C=O) groups excluding carboxylic acids is 1. The summed E-state index contributed by atoms with van der Waals surface area (Å²) in [5, 5.41) is 0. The zero-order chi connectivity index (χ0) is 12.8. The molecule has 1 aliphatic carbocycles. The molecule has 0 saturated heterocycles. The molecule has 0 spiro atoms. The topological polar surface area (TPSA) is 26.3 Å². The molecular formula is C16H20O2. The van der Waals surface area contributed by atoms with Gasteiger partial charge in [0.1, 0.15) is 0 Å². The summed E-state index contributed by atoms with van der Waals surface area (Å²) in [7, 11) is 1.48. The average molecular weight is 244 g/mol. The molecule has 96 valence electrons. The van der Waals surface area contributed by atoms with Crippen LogP contribution in [-0.2, 0) is 9.53 Å². The van der Waals surface area contributed by atoms with Crippen molar-refractivity contribution in [2.75, 3.05) is 7.11 Å². The van der Waals surface area contributed by atoms with Crippen molar-refractivity contribution in [3.8, 4) is 0 Å². The zero-order valence-electron chi connectivity index (χ0n) is 10.8. The number of carbonyl (C=O) groups is 1. The highest BCUT2D eigenvalue weighted by molar-refractivity contribution is 5.72. The highest BCUT2D eigenvalue weighted by Gasteiger charge is 2.25. The third-order valence-electron chi connectivity index (χ3n) is 3.67. The molecular weight excluding hydrogens is 224 g/mol. The van der Waals surface area contributed by atoms with Gasteiger partial charge < -0.3 is 4.74 Å². The van der Waals surface area contributed by atoms with Gasteiger partial charge in [-0.25, -0.2) is 0 Å². The summed E-state index contributed by atoms with van der Waals surface area (Å²) >= 11 is 0. The molecule has 1 aromatic rings. The van der Waals surface area contributed by atoms with Crippen molar-refractivity contribution < 1.29 is 9.53 Å². The second kappa shape index (κ2) is 6.39. The van der Waals surface area contributed by atoms with E-state index in [1.165, 1.54) is 12.7 Å². The maximum Gasteiger partial charge on any atom is 0.308 e. The minimum atomic E-state index is -0.0412. The summed E-state index contributed by atoms with van der Waals surface area (Å²) in [5.74, 6) is 0.683. The van der Waals surface area contributed by atoms with Gasteiger partial charge in [-0.05, 0) is 37.2 Å². The highest BCUT2D eigenvalue weighted by atomic mass is 16.5. The van der Waals surface area contributed by atoms with Crippen molar-refractivity contribution in [1.29, 1.82) is 0 Å². The molecule has 0 unspecified atom stereocenters. The van der Waals surface area contributed by atoms with Crippen LogP contribution in [0.25, 0.3) is 6.08 Å². The molecule has 2 heteroatoms. The number of allylic oxidation sites excluding steroid dienone is 1. The van der Waals surface area contributed by atoms with Crippen LogP contribution in [0.3, 0.4) is 0 Å². The van der Waals surface area contributed by atoms with E-state index in [-0.39, 0.29) is 11.9 Å². The van der Waals surface area contributed by atoms with Gasteiger partial charge in [-0.15, -0.1) is 0 Å². The van der Waals surface area contributed by atoms with E-state index in [1.54, 1.807) is 0 Å². The Kier molecular flexibility index (Phi) is 4.57. The van der Waals surface area contributed by atoms with E-state index in [2.05, 4.69) is 24.3 Å². The Balaban J connectivity index is 1.84. The lowest BCUT2D eigenvalue weighted by Gasteiger charge is -2.24. The van der Waals surface area contributed by atoms with Crippen molar-refractivity contribution in [2.45, 2.75) is 25.7 Å². The van der Waals surface area contributed by atoms with E-state index in [9.17, 15) is 4.79 Å². The fourth-order valence-electron chi connectivity index (χ4n) is 2.53. The van der Waals surface area contributed by atoms with E-state index >= 15 is 0 Å². The van der Waals surface area contributed by atoms with Crippen LogP contribution < -0.4 is 0 Å². The van der Waals surface area contributed by atoms with E-state index in [1.807, 2.05) is 18.2 Å². The molecule has 0 aromatic heterocycles. The van der Waals surface area contributed by atoms with Crippen LogP contribution in [0, 0.1) is 11.8 Å². The van der Waals surface area contributed by atoms with Gasteiger partial charge in [0, 0.05) is 0 Å². The van der Waals surface area contributed by atoms with Gasteiger partial charge in [-0.1, -0.05) is 42.5 Å². The molecule has 0 bridgehead atoms. The molecule has 18 heavy (non-hydrogen) atoms. The van der Waals surface area contributed by atoms with Gasteiger partial charge in [0.05, 0.1) is 13.0 Å². The first-order valence-electron chi connectivity index (χ1n) is 6.60. The Bertz CT molecular complexity index is 400. The molecule has 0 heterocycles. The Hall–Kier alpha value is -1.57. The molecule has 0 N–H and O–H groups in total. The second-order valence-corrected chi connectivity index (χ2v) is 4.90. The molecule has 1 aliphatic rings. The van der Waals surface area contributed by atoms with Crippen LogP contribution in [0.4, 0.5) is 0 Å². The minimum absolute atomic E-state index is 0.0412. The summed E-state index contributed by atoms with van der Waals surface area (Å²) in [6, 6.07) is 10.3. The molecule has 1 saturated carbocycles. The molecule has 2 nitrogen and oxygen atoms in total. The molecule has 0 atom stereocenters. The second-order valence-electron chi connectivity index (χ2n) is 4.90. The lowest BCUT2D eigenvalue weighted by Crippen LogP contribution is -2.22. The molecule has 0 aliphatic heterocycles. The van der Waals surface area contributed by atoms with Crippen LogP contribution in [-0.4, -0.2) is 13.1 Å². The largest absolute Gasteiger partial charge is 0.469 e. The van der Waals surface area contributed by atoms with Crippen LogP contribution in [0.5, 0.6) is 0 Å². The molecule has 1 fully saturated rings. The molecule has 2 rings (SSSR count). The van der Waals surface area contributed by atoms with E-state index in [0.29, 0.717) is 5.92 Å². The molecule has 0 radical (unpaired) electrons. The normalized spacial score (nSPS) is 24.1. The van der Waals surface area contributed by atoms with Crippen molar-refractivity contribution in [1.82, 2.24) is 0 Å². The standard InChI is InChI=1S/C16H20O2/c1-18-16(17)15-11-9-14(10-12-15)8-7-13-5-3-2-4-6-13/h2-8,14-15H,9-12H2,1H3/b8-7+/t14-,15-. The number of methoxy groups -OCH3 is 1. The fraction of sp³-hybridized carbons (Fsp3) is 0.438. The van der Waals surface area contributed by atoms with Crippen molar-refractivity contribution in [3.05, 3.63) is 42.0 Å². The lowest BCUT2D eigenvalue weighted by molar-refractivity contribution is -0.146. The number of rotatable bonds is 3. The SMILES string of the molecule is COC(=O)[C@H]1CC[C@H](/C=C/c2ccccc2)CC1. The highest BCUT2D eigenvalue weighted by Crippen LogP contribution is 2.30. The van der Waals surface area contributed by atoms with Crippen LogP contribution >= 0.6 is 0 Å². The maximum atomic E-state index is 11.4. The Morgan fingerprint density at radius 2 is 1.83 bits per heavy atom. The van der Waals surface area contributed by atoms with Gasteiger partial charge in [0.25, 0.3) is 0 Å². The number of hydrogen-bond acceptors (Lipinski definition) is 2. The summed E-state index contributed by atoms with van der Waals surface area (Å²) in [6.45, 7) is 0. The van der Waals surface area contributed by atoms with Crippen molar-refractivity contribution >= 4 is 12.0 Å². The zero-order valence-corrected chi connectivity index (χ0v) is 10.8. The summed E-state index contributed by atoms with van der Waals surface area (Å²) < 4.78 is 4.80. The van der Waals surface area contributed by atoms with E-state index in [0.717, 1.165) is 25.7 Å². The van der Waals surface area contributed by atoms with Crippen LogP contribution in [0.1, 0.15) is 31.2 Å². The van der Waals surface area contributed by atoms with Gasteiger partial charge in [0.2, 0.25) is 0 Å². The van der Waals surface area contributed by atoms with Crippen LogP contribution in [0.2, 0.25) is 0 Å². The quantitative estimate of drug-likeness (QED) is 0.758. The smallest absolute Gasteiger partial charge is 0.308 e. The van der Waals surface area contributed by atoms with Gasteiger partial charge in [-0.2, -0.15) is 0 Å². The Morgan fingerprint density at radius 3 is 2.44 bits per heavy atom. The third kappa shape index (κ3) is 3.46. The third-order valence-corrected chi connectivity index (χ3v) is 3.67. The Labute approximate surface area is 109 Å². The number of esters is 1. The predicted molar refractivity (Wildman–Crippen MR) is 72.9 cm³/mol. The first-order valence-corrected chi connectivity index (χ1v) is 6.60. The Morgan fingerprint density at radius 1 is 1.17 bits per heavy atom. The molecule has 1 aromatic carbocycles. The van der Waals surface area contributed by atoms with Gasteiger partial charge in [-0.3, -0.25) is 4.79 Å². The maximum absolute atomic E-state index is 11.4. The van der Waals surface area contributed by atoms with Gasteiger partial charge in [0.15, 0.2) is 0 Å².